The average Bonchev–Trinajstić information content (AvgIpc) is 2.27. The number of nitrogens with two attached hydrogens (primary N) is 1. The third kappa shape index (κ3) is 3.97. The average molecular weight is 255 g/mol. The van der Waals surface area contributed by atoms with Gasteiger partial charge in [-0.2, -0.15) is 15.0 Å². The molecule has 0 fully saturated rings. The second kappa shape index (κ2) is 5.78. The van der Waals surface area contributed by atoms with E-state index < -0.39 is 0 Å². The van der Waals surface area contributed by atoms with Crippen LogP contribution in [0.1, 0.15) is 20.3 Å². The van der Waals surface area contributed by atoms with Crippen LogP contribution in [0.4, 0.5) is 17.8 Å². The number of hydrogen-bond donors (Lipinski definition) is 4. The molecule has 1 rings (SSSR count). The molecule has 0 aliphatic carbocycles. The van der Waals surface area contributed by atoms with Crippen molar-refractivity contribution in [1.82, 2.24) is 15.0 Å². The van der Waals surface area contributed by atoms with Gasteiger partial charge in [0.1, 0.15) is 0 Å². The van der Waals surface area contributed by atoms with Crippen molar-refractivity contribution < 1.29 is 5.11 Å². The Balaban J connectivity index is 2.97. The van der Waals surface area contributed by atoms with Crippen LogP contribution in [0.5, 0.6) is 0 Å². The molecule has 18 heavy (non-hydrogen) atoms. The van der Waals surface area contributed by atoms with Crippen molar-refractivity contribution in [1.29, 1.82) is 0 Å². The summed E-state index contributed by atoms with van der Waals surface area (Å²) < 4.78 is 0. The summed E-state index contributed by atoms with van der Waals surface area (Å²) in [4.78, 5) is 14.2. The maximum absolute atomic E-state index is 8.99. The zero-order valence-corrected chi connectivity index (χ0v) is 11.2. The summed E-state index contributed by atoms with van der Waals surface area (Å²) in [7, 11) is 3.66. The molecule has 5 N–H and O–H groups in total. The standard InChI is InChI=1S/C10H21N7O/c1-10(2,5-6-18)15-7-12-8(16-11)14-9(13-7)17(3)4/h18H,5-6,11H2,1-4H3,(H2,12,13,14,15,16). The van der Waals surface area contributed by atoms with Gasteiger partial charge < -0.3 is 15.3 Å². The number of hydrogen-bond acceptors (Lipinski definition) is 8. The SMILES string of the molecule is CN(C)c1nc(NN)nc(NC(C)(C)CCO)n1. The zero-order valence-electron chi connectivity index (χ0n) is 11.2. The number of aromatic nitrogens is 3. The van der Waals surface area contributed by atoms with E-state index in [1.807, 2.05) is 27.9 Å². The first-order valence-electron chi connectivity index (χ1n) is 5.67. The first kappa shape index (κ1) is 14.4. The third-order valence-electron chi connectivity index (χ3n) is 2.34. The van der Waals surface area contributed by atoms with E-state index in [-0.39, 0.29) is 18.1 Å². The number of aliphatic hydroxyl groups is 1. The fraction of sp³-hybridized carbons (Fsp3) is 0.700. The molecule has 102 valence electrons. The lowest BCUT2D eigenvalue weighted by molar-refractivity contribution is 0.260. The molecule has 1 aromatic rings. The Morgan fingerprint density at radius 2 is 1.83 bits per heavy atom. The normalized spacial score (nSPS) is 11.2. The van der Waals surface area contributed by atoms with Gasteiger partial charge in [0, 0.05) is 26.2 Å². The van der Waals surface area contributed by atoms with Gasteiger partial charge in [0.15, 0.2) is 0 Å². The molecule has 0 amide bonds. The number of nitrogens with one attached hydrogen (secondary N) is 2. The first-order valence-corrected chi connectivity index (χ1v) is 5.67. The van der Waals surface area contributed by atoms with Crippen molar-refractivity contribution in [3.05, 3.63) is 0 Å². The summed E-state index contributed by atoms with van der Waals surface area (Å²) in [5.74, 6) is 6.53. The summed E-state index contributed by atoms with van der Waals surface area (Å²) in [6.45, 7) is 4.00. The van der Waals surface area contributed by atoms with Crippen molar-refractivity contribution in [3.8, 4) is 0 Å². The van der Waals surface area contributed by atoms with E-state index in [1.54, 1.807) is 4.90 Å². The van der Waals surface area contributed by atoms with Crippen LogP contribution < -0.4 is 21.5 Å². The van der Waals surface area contributed by atoms with Crippen LogP contribution in [0.3, 0.4) is 0 Å². The Hall–Kier alpha value is -1.67. The van der Waals surface area contributed by atoms with Gasteiger partial charge in [0.2, 0.25) is 17.8 Å². The number of nitrogen functional groups attached to an aromatic ring is 1. The molecule has 8 nitrogen and oxygen atoms in total. The van der Waals surface area contributed by atoms with E-state index in [1.165, 1.54) is 0 Å². The van der Waals surface area contributed by atoms with Crippen LogP contribution in [0, 0.1) is 0 Å². The molecule has 0 aromatic carbocycles. The van der Waals surface area contributed by atoms with Crippen LogP contribution in [0.25, 0.3) is 0 Å². The second-order valence-electron chi connectivity index (χ2n) is 4.80. The molecule has 1 aromatic heterocycles. The minimum absolute atomic E-state index is 0.0909. The predicted molar refractivity (Wildman–Crippen MR) is 71.4 cm³/mol. The molecule has 0 radical (unpaired) electrons. The summed E-state index contributed by atoms with van der Waals surface area (Å²) in [6.07, 6.45) is 0.585. The number of nitrogens with zero attached hydrogens (tertiary/aromatic N) is 4. The molecule has 0 bridgehead atoms. The topological polar surface area (TPSA) is 112 Å². The highest BCUT2D eigenvalue weighted by Gasteiger charge is 2.19. The largest absolute Gasteiger partial charge is 0.396 e. The smallest absolute Gasteiger partial charge is 0.243 e. The molecular weight excluding hydrogens is 234 g/mol. The summed E-state index contributed by atoms with van der Waals surface area (Å²) in [6, 6.07) is 0. The lowest BCUT2D eigenvalue weighted by Gasteiger charge is -2.25. The fourth-order valence-electron chi connectivity index (χ4n) is 1.33. The molecular formula is C10H21N7O. The van der Waals surface area contributed by atoms with E-state index in [2.05, 4.69) is 25.7 Å². The van der Waals surface area contributed by atoms with Gasteiger partial charge in [-0.3, -0.25) is 5.43 Å². The first-order chi connectivity index (χ1) is 8.38. The quantitative estimate of drug-likeness (QED) is 0.408. The highest BCUT2D eigenvalue weighted by atomic mass is 16.3. The third-order valence-corrected chi connectivity index (χ3v) is 2.34. The Kier molecular flexibility index (Phi) is 4.62. The van der Waals surface area contributed by atoms with Gasteiger partial charge in [-0.05, 0) is 20.3 Å². The van der Waals surface area contributed by atoms with Crippen molar-refractivity contribution in [3.63, 3.8) is 0 Å². The molecule has 1 heterocycles. The van der Waals surface area contributed by atoms with Gasteiger partial charge in [-0.25, -0.2) is 5.84 Å². The highest BCUT2D eigenvalue weighted by Crippen LogP contribution is 2.17. The number of anilines is 3. The summed E-state index contributed by atoms with van der Waals surface area (Å²) >= 11 is 0. The predicted octanol–water partition coefficient (Wildman–Crippen LogP) is -0.204. The molecule has 0 aliphatic heterocycles. The van der Waals surface area contributed by atoms with Crippen LogP contribution in [-0.2, 0) is 0 Å². The molecule has 8 heteroatoms. The van der Waals surface area contributed by atoms with Gasteiger partial charge in [0.05, 0.1) is 0 Å². The highest BCUT2D eigenvalue weighted by molar-refractivity contribution is 5.43. The maximum atomic E-state index is 8.99. The van der Waals surface area contributed by atoms with Gasteiger partial charge >= 0.3 is 0 Å². The number of rotatable bonds is 6. The molecule has 0 saturated heterocycles. The van der Waals surface area contributed by atoms with E-state index in [0.717, 1.165) is 0 Å². The van der Waals surface area contributed by atoms with E-state index in [4.69, 9.17) is 10.9 Å². The molecule has 0 aliphatic rings. The molecule has 0 atom stereocenters. The van der Waals surface area contributed by atoms with E-state index in [9.17, 15) is 0 Å². The number of hydrazine groups is 1. The maximum Gasteiger partial charge on any atom is 0.243 e. The summed E-state index contributed by atoms with van der Waals surface area (Å²) in [5, 5.41) is 12.1. The van der Waals surface area contributed by atoms with Crippen LogP contribution in [0.15, 0.2) is 0 Å². The molecule has 0 saturated carbocycles. The molecule has 0 unspecified atom stereocenters. The minimum atomic E-state index is -0.314. The van der Waals surface area contributed by atoms with E-state index >= 15 is 0 Å². The Bertz CT molecular complexity index is 394. The van der Waals surface area contributed by atoms with Crippen molar-refractivity contribution in [2.24, 2.45) is 5.84 Å². The van der Waals surface area contributed by atoms with Gasteiger partial charge in [-0.1, -0.05) is 0 Å². The lowest BCUT2D eigenvalue weighted by atomic mass is 10.0. The van der Waals surface area contributed by atoms with Gasteiger partial charge in [-0.15, -0.1) is 0 Å². The van der Waals surface area contributed by atoms with Crippen LogP contribution in [-0.4, -0.2) is 46.3 Å². The van der Waals surface area contributed by atoms with E-state index in [0.29, 0.717) is 18.3 Å². The molecule has 0 spiro atoms. The van der Waals surface area contributed by atoms with Crippen LogP contribution >= 0.6 is 0 Å². The van der Waals surface area contributed by atoms with Crippen LogP contribution in [0.2, 0.25) is 0 Å². The monoisotopic (exact) mass is 255 g/mol. The fourth-order valence-corrected chi connectivity index (χ4v) is 1.33. The Morgan fingerprint density at radius 3 is 2.33 bits per heavy atom. The lowest BCUT2D eigenvalue weighted by Crippen LogP contribution is -2.33. The van der Waals surface area contributed by atoms with Crippen molar-refractivity contribution in [2.45, 2.75) is 25.8 Å². The Morgan fingerprint density at radius 1 is 1.22 bits per heavy atom. The summed E-state index contributed by atoms with van der Waals surface area (Å²) in [5.41, 5.74) is 2.09. The minimum Gasteiger partial charge on any atom is -0.396 e. The van der Waals surface area contributed by atoms with Gasteiger partial charge in [0.25, 0.3) is 0 Å². The Labute approximate surface area is 107 Å². The number of aliphatic hydroxyl groups excluding tert-OH is 1. The second-order valence-corrected chi connectivity index (χ2v) is 4.80. The van der Waals surface area contributed by atoms with Crippen molar-refractivity contribution >= 4 is 17.8 Å². The van der Waals surface area contributed by atoms with Crippen molar-refractivity contribution in [2.75, 3.05) is 36.3 Å². The zero-order chi connectivity index (χ0) is 13.8.